The summed E-state index contributed by atoms with van der Waals surface area (Å²) in [6.45, 7) is 5.35. The molecule has 0 atom stereocenters. The Kier molecular flexibility index (Phi) is 6.78. The zero-order chi connectivity index (χ0) is 20.1. The summed E-state index contributed by atoms with van der Waals surface area (Å²) in [5.41, 5.74) is 0.607. The number of piperidine rings is 1. The van der Waals surface area contributed by atoms with Gasteiger partial charge in [-0.3, -0.25) is 9.59 Å². The van der Waals surface area contributed by atoms with E-state index in [2.05, 4.69) is 0 Å². The number of ether oxygens (including phenoxy) is 1. The molecule has 0 spiro atoms. The highest BCUT2D eigenvalue weighted by Gasteiger charge is 2.32. The average molecular weight is 408 g/mol. The molecule has 28 heavy (non-hydrogen) atoms. The molecule has 2 heterocycles. The molecular formula is C20H26ClN3O4. The van der Waals surface area contributed by atoms with Gasteiger partial charge >= 0.3 is 6.09 Å². The van der Waals surface area contributed by atoms with Crippen molar-refractivity contribution in [2.24, 2.45) is 5.92 Å². The first kappa shape index (κ1) is 20.5. The number of carbonyl (C=O) groups excluding carboxylic acids is 3. The third-order valence-corrected chi connectivity index (χ3v) is 5.59. The number of hydrogen-bond acceptors (Lipinski definition) is 4. The van der Waals surface area contributed by atoms with Crippen LogP contribution in [0.4, 0.5) is 4.79 Å². The van der Waals surface area contributed by atoms with Gasteiger partial charge in [-0.2, -0.15) is 0 Å². The predicted molar refractivity (Wildman–Crippen MR) is 105 cm³/mol. The predicted octanol–water partition coefficient (Wildman–Crippen LogP) is 2.49. The van der Waals surface area contributed by atoms with Crippen LogP contribution in [0.15, 0.2) is 24.3 Å². The van der Waals surface area contributed by atoms with Gasteiger partial charge in [-0.25, -0.2) is 4.79 Å². The lowest BCUT2D eigenvalue weighted by Gasteiger charge is -2.38. The van der Waals surface area contributed by atoms with E-state index in [1.165, 1.54) is 0 Å². The maximum Gasteiger partial charge on any atom is 0.409 e. The number of hydrogen-bond donors (Lipinski definition) is 0. The monoisotopic (exact) mass is 407 g/mol. The van der Waals surface area contributed by atoms with Gasteiger partial charge in [-0.1, -0.05) is 11.6 Å². The van der Waals surface area contributed by atoms with Crippen molar-refractivity contribution < 1.29 is 19.1 Å². The highest BCUT2D eigenvalue weighted by Crippen LogP contribution is 2.21. The summed E-state index contributed by atoms with van der Waals surface area (Å²) in [6, 6.07) is 6.85. The third-order valence-electron chi connectivity index (χ3n) is 5.34. The number of carbonyl (C=O) groups is 3. The van der Waals surface area contributed by atoms with Crippen LogP contribution in [0.2, 0.25) is 5.02 Å². The molecule has 2 aliphatic rings. The maximum atomic E-state index is 12.8. The fraction of sp³-hybridized carbons (Fsp3) is 0.550. The molecule has 3 rings (SSSR count). The molecule has 1 aromatic rings. The molecule has 0 aromatic heterocycles. The van der Waals surface area contributed by atoms with Gasteiger partial charge in [0.05, 0.1) is 6.61 Å². The van der Waals surface area contributed by atoms with Crippen LogP contribution in [0.3, 0.4) is 0 Å². The summed E-state index contributed by atoms with van der Waals surface area (Å²) in [5, 5.41) is 0.598. The van der Waals surface area contributed by atoms with Gasteiger partial charge in [0, 0.05) is 55.8 Å². The lowest BCUT2D eigenvalue weighted by atomic mass is 9.95. The van der Waals surface area contributed by atoms with E-state index in [0.29, 0.717) is 69.3 Å². The van der Waals surface area contributed by atoms with Crippen molar-refractivity contribution >= 4 is 29.5 Å². The second-order valence-corrected chi connectivity index (χ2v) is 7.52. The highest BCUT2D eigenvalue weighted by atomic mass is 35.5. The largest absolute Gasteiger partial charge is 0.450 e. The van der Waals surface area contributed by atoms with E-state index in [9.17, 15) is 14.4 Å². The Bertz CT molecular complexity index is 709. The fourth-order valence-corrected chi connectivity index (χ4v) is 3.81. The number of benzene rings is 1. The van der Waals surface area contributed by atoms with E-state index in [1.54, 1.807) is 41.0 Å². The van der Waals surface area contributed by atoms with Gasteiger partial charge in [-0.05, 0) is 44.0 Å². The minimum atomic E-state index is -0.303. The average Bonchev–Trinajstić information content (AvgIpc) is 2.74. The summed E-state index contributed by atoms with van der Waals surface area (Å²) in [5.74, 6) is 0.0257. The van der Waals surface area contributed by atoms with Crippen LogP contribution in [0.25, 0.3) is 0 Å². The Morgan fingerprint density at radius 2 is 1.50 bits per heavy atom. The van der Waals surface area contributed by atoms with Crippen molar-refractivity contribution in [1.29, 1.82) is 0 Å². The molecule has 0 N–H and O–H groups in total. The van der Waals surface area contributed by atoms with Gasteiger partial charge in [0.25, 0.3) is 5.91 Å². The molecule has 2 aliphatic heterocycles. The van der Waals surface area contributed by atoms with Crippen LogP contribution in [-0.4, -0.2) is 78.5 Å². The van der Waals surface area contributed by atoms with E-state index >= 15 is 0 Å². The molecule has 0 unspecified atom stereocenters. The Morgan fingerprint density at radius 1 is 0.929 bits per heavy atom. The quantitative estimate of drug-likeness (QED) is 0.771. The molecular weight excluding hydrogens is 382 g/mol. The molecule has 1 aromatic carbocycles. The van der Waals surface area contributed by atoms with E-state index in [1.807, 2.05) is 4.90 Å². The molecule has 0 radical (unpaired) electrons. The van der Waals surface area contributed by atoms with Gasteiger partial charge in [0.1, 0.15) is 0 Å². The number of likely N-dealkylation sites (tertiary alicyclic amines) is 1. The van der Waals surface area contributed by atoms with Crippen molar-refractivity contribution in [3.05, 3.63) is 34.9 Å². The number of piperazine rings is 1. The van der Waals surface area contributed by atoms with E-state index in [-0.39, 0.29) is 23.8 Å². The molecule has 0 bridgehead atoms. The Balaban J connectivity index is 1.47. The summed E-state index contributed by atoms with van der Waals surface area (Å²) >= 11 is 5.87. The number of rotatable bonds is 3. The maximum absolute atomic E-state index is 12.8. The van der Waals surface area contributed by atoms with Gasteiger partial charge in [0.15, 0.2) is 0 Å². The van der Waals surface area contributed by atoms with E-state index in [0.717, 1.165) is 0 Å². The minimum absolute atomic E-state index is 0.0356. The normalized spacial score (nSPS) is 18.1. The Labute approximate surface area is 170 Å². The van der Waals surface area contributed by atoms with Crippen LogP contribution >= 0.6 is 11.6 Å². The van der Waals surface area contributed by atoms with Crippen molar-refractivity contribution in [3.8, 4) is 0 Å². The Morgan fingerprint density at radius 3 is 2.07 bits per heavy atom. The van der Waals surface area contributed by atoms with E-state index < -0.39 is 0 Å². The van der Waals surface area contributed by atoms with Crippen molar-refractivity contribution in [2.75, 3.05) is 45.9 Å². The van der Waals surface area contributed by atoms with Crippen molar-refractivity contribution in [1.82, 2.24) is 14.7 Å². The SMILES string of the molecule is CCOC(=O)N1CCC(C(=O)N2CCN(C(=O)c3ccc(Cl)cc3)CC2)CC1. The number of nitrogens with zero attached hydrogens (tertiary/aromatic N) is 3. The molecule has 3 amide bonds. The smallest absolute Gasteiger partial charge is 0.409 e. The number of amides is 3. The number of halogens is 1. The molecule has 2 fully saturated rings. The summed E-state index contributed by atoms with van der Waals surface area (Å²) in [7, 11) is 0. The molecule has 152 valence electrons. The van der Waals surface area contributed by atoms with Crippen LogP contribution in [0.1, 0.15) is 30.1 Å². The highest BCUT2D eigenvalue weighted by molar-refractivity contribution is 6.30. The second kappa shape index (κ2) is 9.28. The summed E-state index contributed by atoms with van der Waals surface area (Å²) in [6.07, 6.45) is 1.01. The van der Waals surface area contributed by atoms with Crippen LogP contribution in [-0.2, 0) is 9.53 Å². The van der Waals surface area contributed by atoms with Crippen LogP contribution < -0.4 is 0 Å². The lowest BCUT2D eigenvalue weighted by molar-refractivity contribution is -0.138. The lowest BCUT2D eigenvalue weighted by Crippen LogP contribution is -2.53. The molecule has 0 saturated carbocycles. The van der Waals surface area contributed by atoms with Crippen molar-refractivity contribution in [3.63, 3.8) is 0 Å². The van der Waals surface area contributed by atoms with Crippen LogP contribution in [0, 0.1) is 5.92 Å². The van der Waals surface area contributed by atoms with Crippen molar-refractivity contribution in [2.45, 2.75) is 19.8 Å². The fourth-order valence-electron chi connectivity index (χ4n) is 3.69. The van der Waals surface area contributed by atoms with Gasteiger partial charge < -0.3 is 19.4 Å². The zero-order valence-corrected chi connectivity index (χ0v) is 16.9. The Hall–Kier alpha value is -2.28. The minimum Gasteiger partial charge on any atom is -0.450 e. The van der Waals surface area contributed by atoms with E-state index in [4.69, 9.17) is 16.3 Å². The molecule has 0 aliphatic carbocycles. The third kappa shape index (κ3) is 4.76. The first-order chi connectivity index (χ1) is 13.5. The summed E-state index contributed by atoms with van der Waals surface area (Å²) < 4.78 is 5.02. The van der Waals surface area contributed by atoms with Gasteiger partial charge in [0.2, 0.25) is 5.91 Å². The molecule has 7 nitrogen and oxygen atoms in total. The second-order valence-electron chi connectivity index (χ2n) is 7.08. The van der Waals surface area contributed by atoms with Gasteiger partial charge in [-0.15, -0.1) is 0 Å². The molecule has 8 heteroatoms. The zero-order valence-electron chi connectivity index (χ0n) is 16.1. The van der Waals surface area contributed by atoms with Crippen LogP contribution in [0.5, 0.6) is 0 Å². The summed E-state index contributed by atoms with van der Waals surface area (Å²) in [4.78, 5) is 42.4. The first-order valence-corrected chi connectivity index (χ1v) is 10.1. The standard InChI is InChI=1S/C20H26ClN3O4/c1-2-28-20(27)24-9-7-16(8-10-24)19(26)23-13-11-22(12-14-23)18(25)15-3-5-17(21)6-4-15/h3-6,16H,2,7-14H2,1H3. The topological polar surface area (TPSA) is 70.2 Å². The first-order valence-electron chi connectivity index (χ1n) is 9.75. The molecule has 2 saturated heterocycles.